The van der Waals surface area contributed by atoms with Gasteiger partial charge in [-0.25, -0.2) is 0 Å². The number of piperidine rings is 1. The maximum Gasteiger partial charge on any atom is 0.0521 e. The summed E-state index contributed by atoms with van der Waals surface area (Å²) in [5.41, 5.74) is 3.99. The van der Waals surface area contributed by atoms with Crippen LogP contribution in [0.1, 0.15) is 56.6 Å². The number of piperazine rings is 1. The van der Waals surface area contributed by atoms with E-state index >= 15 is 0 Å². The summed E-state index contributed by atoms with van der Waals surface area (Å²) >= 11 is 0. The second-order valence-corrected chi connectivity index (χ2v) is 8.37. The van der Waals surface area contributed by atoms with Crippen molar-refractivity contribution < 1.29 is 0 Å². The molecule has 1 saturated carbocycles. The largest absolute Gasteiger partial charge is 0.317 e. The van der Waals surface area contributed by atoms with E-state index in [-0.39, 0.29) is 5.54 Å². The summed E-state index contributed by atoms with van der Waals surface area (Å²) < 4.78 is 0. The van der Waals surface area contributed by atoms with Crippen LogP contribution in [0.5, 0.6) is 0 Å². The van der Waals surface area contributed by atoms with Gasteiger partial charge in [0.1, 0.15) is 0 Å². The first-order valence-electron chi connectivity index (χ1n) is 9.96. The van der Waals surface area contributed by atoms with E-state index in [2.05, 4.69) is 53.6 Å². The highest BCUT2D eigenvalue weighted by atomic mass is 15.3. The fraction of sp³-hybridized carbons (Fsp3) is 0.714. The lowest BCUT2D eigenvalue weighted by atomic mass is 9.47. The molecule has 2 aliphatic heterocycles. The number of nitrogens with one attached hydrogen (secondary N) is 2. The van der Waals surface area contributed by atoms with Gasteiger partial charge in [-0.3, -0.25) is 4.90 Å². The number of hydrogen-bond donors (Lipinski definition) is 2. The lowest BCUT2D eigenvalue weighted by molar-refractivity contribution is -0.148. The average molecular weight is 328 g/mol. The van der Waals surface area contributed by atoms with Gasteiger partial charge in [0, 0.05) is 26.2 Å². The van der Waals surface area contributed by atoms with Gasteiger partial charge in [-0.2, -0.15) is 0 Å². The van der Waals surface area contributed by atoms with E-state index in [0.29, 0.717) is 11.3 Å². The van der Waals surface area contributed by atoms with E-state index in [4.69, 9.17) is 0 Å². The molecule has 0 radical (unpaired) electrons. The Labute approximate surface area is 147 Å². The van der Waals surface area contributed by atoms with E-state index in [1.807, 2.05) is 0 Å². The molecule has 0 aromatic heterocycles. The van der Waals surface area contributed by atoms with Crippen molar-refractivity contribution in [3.8, 4) is 0 Å². The number of benzene rings is 1. The summed E-state index contributed by atoms with van der Waals surface area (Å²) in [5.74, 6) is 0.598. The van der Waals surface area contributed by atoms with Crippen LogP contribution in [-0.4, -0.2) is 44.2 Å². The highest BCUT2D eigenvalue weighted by molar-refractivity contribution is 5.41. The van der Waals surface area contributed by atoms with Crippen LogP contribution in [0, 0.1) is 5.41 Å². The Hall–Kier alpha value is -0.900. The first-order chi connectivity index (χ1) is 11.7. The lowest BCUT2D eigenvalue weighted by Gasteiger charge is -2.67. The van der Waals surface area contributed by atoms with Crippen molar-refractivity contribution in [1.82, 2.24) is 15.5 Å². The fourth-order valence-corrected chi connectivity index (χ4v) is 5.79. The minimum Gasteiger partial charge on any atom is -0.317 e. The van der Waals surface area contributed by atoms with Gasteiger partial charge in [-0.1, -0.05) is 38.1 Å². The summed E-state index contributed by atoms with van der Waals surface area (Å²) in [5, 5.41) is 7.17. The number of rotatable bonds is 3. The topological polar surface area (TPSA) is 27.3 Å². The fourth-order valence-electron chi connectivity index (χ4n) is 5.79. The molecule has 0 amide bonds. The molecule has 2 heterocycles. The van der Waals surface area contributed by atoms with Crippen molar-refractivity contribution in [2.45, 2.75) is 51.0 Å². The molecule has 2 saturated heterocycles. The highest BCUT2D eigenvalue weighted by Gasteiger charge is 2.62. The van der Waals surface area contributed by atoms with Gasteiger partial charge in [0.15, 0.2) is 0 Å². The minimum atomic E-state index is 0.276. The van der Waals surface area contributed by atoms with E-state index in [1.54, 1.807) is 11.1 Å². The van der Waals surface area contributed by atoms with E-state index in [0.717, 1.165) is 13.1 Å². The van der Waals surface area contributed by atoms with Gasteiger partial charge in [-0.15, -0.1) is 0 Å². The summed E-state index contributed by atoms with van der Waals surface area (Å²) in [6, 6.07) is 9.35. The number of hydrogen-bond acceptors (Lipinski definition) is 3. The van der Waals surface area contributed by atoms with Gasteiger partial charge in [0.25, 0.3) is 0 Å². The molecule has 3 aliphatic rings. The van der Waals surface area contributed by atoms with Crippen molar-refractivity contribution in [1.29, 1.82) is 0 Å². The predicted molar refractivity (Wildman–Crippen MR) is 100 cm³/mol. The van der Waals surface area contributed by atoms with Crippen LogP contribution in [0.15, 0.2) is 24.3 Å². The highest BCUT2D eigenvalue weighted by Crippen LogP contribution is 2.64. The molecule has 1 unspecified atom stereocenters. The van der Waals surface area contributed by atoms with Crippen LogP contribution in [0.2, 0.25) is 0 Å². The number of nitrogens with zero attached hydrogens (tertiary/aromatic N) is 1. The molecule has 1 aromatic carbocycles. The van der Waals surface area contributed by atoms with Crippen LogP contribution in [0.3, 0.4) is 0 Å². The molecule has 1 aromatic rings. The Morgan fingerprint density at radius 3 is 2.17 bits per heavy atom. The normalized spacial score (nSPS) is 30.5. The Kier molecular flexibility index (Phi) is 4.44. The minimum absolute atomic E-state index is 0.276. The summed E-state index contributed by atoms with van der Waals surface area (Å²) in [4.78, 5) is 2.86. The van der Waals surface area contributed by atoms with Crippen LogP contribution in [0.25, 0.3) is 0 Å². The summed E-state index contributed by atoms with van der Waals surface area (Å²) in [7, 11) is 0. The first kappa shape index (κ1) is 16.6. The lowest BCUT2D eigenvalue weighted by Crippen LogP contribution is -2.69. The van der Waals surface area contributed by atoms with Crippen molar-refractivity contribution in [2.24, 2.45) is 5.41 Å². The molecule has 2 N–H and O–H groups in total. The zero-order chi connectivity index (χ0) is 16.6. The molecule has 132 valence electrons. The Bertz CT molecular complexity index is 570. The van der Waals surface area contributed by atoms with Crippen molar-refractivity contribution in [3.63, 3.8) is 0 Å². The SMILES string of the molecule is CC(C)c1ccccc1C1(N2CCNCC2)CCC12CCNCC2. The van der Waals surface area contributed by atoms with E-state index in [1.165, 1.54) is 51.9 Å². The zero-order valence-electron chi connectivity index (χ0n) is 15.4. The molecule has 1 aliphatic carbocycles. The van der Waals surface area contributed by atoms with Crippen LogP contribution in [0.4, 0.5) is 0 Å². The van der Waals surface area contributed by atoms with E-state index in [9.17, 15) is 0 Å². The third-order valence-corrected chi connectivity index (χ3v) is 7.09. The second-order valence-electron chi connectivity index (χ2n) is 8.37. The summed E-state index contributed by atoms with van der Waals surface area (Å²) in [6.45, 7) is 11.8. The van der Waals surface area contributed by atoms with Crippen LogP contribution >= 0.6 is 0 Å². The third-order valence-electron chi connectivity index (χ3n) is 7.09. The van der Waals surface area contributed by atoms with Gasteiger partial charge in [-0.05, 0) is 61.2 Å². The Morgan fingerprint density at radius 1 is 0.875 bits per heavy atom. The van der Waals surface area contributed by atoms with Crippen molar-refractivity contribution in [2.75, 3.05) is 39.3 Å². The summed E-state index contributed by atoms with van der Waals surface area (Å²) in [6.07, 6.45) is 5.43. The van der Waals surface area contributed by atoms with Gasteiger partial charge in [0.05, 0.1) is 5.54 Å². The molecule has 0 bridgehead atoms. The molecule has 3 heteroatoms. The third kappa shape index (κ3) is 2.36. The first-order valence-corrected chi connectivity index (χ1v) is 9.96. The molecule has 1 atom stereocenters. The second kappa shape index (κ2) is 6.44. The smallest absolute Gasteiger partial charge is 0.0521 e. The zero-order valence-corrected chi connectivity index (χ0v) is 15.4. The Balaban J connectivity index is 1.82. The maximum absolute atomic E-state index is 3.61. The van der Waals surface area contributed by atoms with E-state index < -0.39 is 0 Å². The predicted octanol–water partition coefficient (Wildman–Crippen LogP) is 3.07. The standard InChI is InChI=1S/C21H33N3/c1-17(2)18-5-3-4-6-19(18)21(24-15-13-23-14-16-24)8-7-20(21)9-11-22-12-10-20/h3-6,17,22-23H,7-16H2,1-2H3. The van der Waals surface area contributed by atoms with Gasteiger partial charge in [0.2, 0.25) is 0 Å². The molecule has 1 spiro atoms. The van der Waals surface area contributed by atoms with Crippen LogP contribution in [-0.2, 0) is 5.54 Å². The molecular weight excluding hydrogens is 294 g/mol. The quantitative estimate of drug-likeness (QED) is 0.893. The van der Waals surface area contributed by atoms with Crippen LogP contribution < -0.4 is 10.6 Å². The van der Waals surface area contributed by atoms with Gasteiger partial charge < -0.3 is 10.6 Å². The maximum atomic E-state index is 3.61. The molecular formula is C21H33N3. The molecule has 3 fully saturated rings. The molecule has 3 nitrogen and oxygen atoms in total. The van der Waals surface area contributed by atoms with Crippen molar-refractivity contribution >= 4 is 0 Å². The monoisotopic (exact) mass is 327 g/mol. The van der Waals surface area contributed by atoms with Crippen molar-refractivity contribution in [3.05, 3.63) is 35.4 Å². The molecule has 24 heavy (non-hydrogen) atoms. The molecule has 4 rings (SSSR count). The van der Waals surface area contributed by atoms with Gasteiger partial charge >= 0.3 is 0 Å². The Morgan fingerprint density at radius 2 is 1.54 bits per heavy atom. The average Bonchev–Trinajstić information content (AvgIpc) is 2.63.